The van der Waals surface area contributed by atoms with Crippen LogP contribution < -0.4 is 10.9 Å². The van der Waals surface area contributed by atoms with Crippen molar-refractivity contribution in [3.8, 4) is 0 Å². The summed E-state index contributed by atoms with van der Waals surface area (Å²) in [7, 11) is 5.74. The molecule has 1 aromatic rings. The fourth-order valence-electron chi connectivity index (χ4n) is 2.24. The molecule has 1 fully saturated rings. The van der Waals surface area contributed by atoms with Crippen LogP contribution in [0.25, 0.3) is 0 Å². The molecule has 1 aliphatic rings. The normalized spacial score (nSPS) is 16.4. The third-order valence-corrected chi connectivity index (χ3v) is 3.67. The van der Waals surface area contributed by atoms with Crippen molar-refractivity contribution in [2.24, 2.45) is 13.0 Å². The van der Waals surface area contributed by atoms with E-state index < -0.39 is 0 Å². The number of hydrogen-bond donors (Lipinski definition) is 1. The molecular weight excluding hydrogens is 242 g/mol. The maximum absolute atomic E-state index is 12.0. The molecule has 0 aromatic carbocycles. The van der Waals surface area contributed by atoms with Gasteiger partial charge in [0.15, 0.2) is 0 Å². The van der Waals surface area contributed by atoms with E-state index in [1.54, 1.807) is 19.3 Å². The lowest BCUT2D eigenvalue weighted by Gasteiger charge is -2.24. The summed E-state index contributed by atoms with van der Waals surface area (Å²) in [5.41, 5.74) is 0.260. The Morgan fingerprint density at radius 1 is 1.53 bits per heavy atom. The molecule has 2 rings (SSSR count). The van der Waals surface area contributed by atoms with Crippen LogP contribution in [0.2, 0.25) is 0 Å². The summed E-state index contributed by atoms with van der Waals surface area (Å²) in [5, 5.41) is 2.92. The van der Waals surface area contributed by atoms with E-state index in [1.807, 2.05) is 14.1 Å². The first kappa shape index (κ1) is 13.8. The number of hydrogen-bond acceptors (Lipinski definition) is 3. The number of likely N-dealkylation sites (N-methyl/N-ethyl adjacent to an activating group) is 1. The van der Waals surface area contributed by atoms with E-state index in [0.29, 0.717) is 24.1 Å². The van der Waals surface area contributed by atoms with E-state index in [4.69, 9.17) is 0 Å². The molecule has 1 atom stereocenters. The Balaban J connectivity index is 1.96. The molecule has 0 unspecified atom stereocenters. The van der Waals surface area contributed by atoms with Gasteiger partial charge in [-0.05, 0) is 38.9 Å². The number of aromatic nitrogens is 1. The predicted octanol–water partition coefficient (Wildman–Crippen LogP) is 0.455. The van der Waals surface area contributed by atoms with Crippen LogP contribution >= 0.6 is 0 Å². The first-order chi connectivity index (χ1) is 8.99. The molecule has 0 spiro atoms. The van der Waals surface area contributed by atoms with Gasteiger partial charge < -0.3 is 14.8 Å². The largest absolute Gasteiger partial charge is 0.350 e. The molecule has 0 bridgehead atoms. The average molecular weight is 263 g/mol. The highest BCUT2D eigenvalue weighted by atomic mass is 16.2. The van der Waals surface area contributed by atoms with Gasteiger partial charge in [-0.3, -0.25) is 9.59 Å². The molecule has 0 aliphatic heterocycles. The molecule has 19 heavy (non-hydrogen) atoms. The van der Waals surface area contributed by atoms with Gasteiger partial charge in [0.25, 0.3) is 11.5 Å². The highest BCUT2D eigenvalue weighted by Crippen LogP contribution is 2.34. The molecule has 1 aliphatic carbocycles. The van der Waals surface area contributed by atoms with E-state index in [9.17, 15) is 9.59 Å². The second-order valence-corrected chi connectivity index (χ2v) is 5.44. The second kappa shape index (κ2) is 5.57. The molecular formula is C14H21N3O2. The summed E-state index contributed by atoms with van der Waals surface area (Å²) >= 11 is 0. The number of carbonyl (C=O) groups is 1. The summed E-state index contributed by atoms with van der Waals surface area (Å²) in [6.07, 6.45) is 4.09. The van der Waals surface area contributed by atoms with Crippen molar-refractivity contribution in [3.63, 3.8) is 0 Å². The van der Waals surface area contributed by atoms with E-state index in [2.05, 4.69) is 10.2 Å². The molecule has 1 aromatic heterocycles. The summed E-state index contributed by atoms with van der Waals surface area (Å²) in [5.74, 6) is 0.518. The number of amides is 1. The zero-order valence-electron chi connectivity index (χ0n) is 11.7. The lowest BCUT2D eigenvalue weighted by Crippen LogP contribution is -2.41. The summed E-state index contributed by atoms with van der Waals surface area (Å²) in [6, 6.07) is 3.42. The van der Waals surface area contributed by atoms with Crippen LogP contribution in [0.1, 0.15) is 23.2 Å². The molecule has 5 heteroatoms. The summed E-state index contributed by atoms with van der Waals surface area (Å²) < 4.78 is 1.45. The number of carbonyl (C=O) groups excluding carboxylic acids is 1. The SMILES string of the molecule is CN(C)[C@@H](CNC(=O)c1ccn(C)c(=O)c1)C1CC1. The smallest absolute Gasteiger partial charge is 0.251 e. The van der Waals surface area contributed by atoms with Gasteiger partial charge in [-0.25, -0.2) is 0 Å². The van der Waals surface area contributed by atoms with Gasteiger partial charge in [0.1, 0.15) is 0 Å². The lowest BCUT2D eigenvalue weighted by molar-refractivity contribution is 0.0938. The number of nitrogens with one attached hydrogen (secondary N) is 1. The van der Waals surface area contributed by atoms with Crippen LogP contribution in [0.3, 0.4) is 0 Å². The Labute approximate surface area is 113 Å². The van der Waals surface area contributed by atoms with E-state index in [0.717, 1.165) is 0 Å². The Morgan fingerprint density at radius 2 is 2.21 bits per heavy atom. The number of pyridine rings is 1. The Kier molecular flexibility index (Phi) is 4.04. The summed E-state index contributed by atoms with van der Waals surface area (Å²) in [6.45, 7) is 0.631. The quantitative estimate of drug-likeness (QED) is 0.839. The van der Waals surface area contributed by atoms with Gasteiger partial charge in [0, 0.05) is 37.5 Å². The van der Waals surface area contributed by atoms with Crippen molar-refractivity contribution < 1.29 is 4.79 Å². The van der Waals surface area contributed by atoms with Gasteiger partial charge in [-0.2, -0.15) is 0 Å². The van der Waals surface area contributed by atoms with Crippen molar-refractivity contribution in [1.82, 2.24) is 14.8 Å². The van der Waals surface area contributed by atoms with E-state index in [1.165, 1.54) is 23.5 Å². The third kappa shape index (κ3) is 3.44. The monoisotopic (exact) mass is 263 g/mol. The maximum atomic E-state index is 12.0. The zero-order chi connectivity index (χ0) is 14.0. The molecule has 0 radical (unpaired) electrons. The van der Waals surface area contributed by atoms with Crippen molar-refractivity contribution in [2.75, 3.05) is 20.6 Å². The minimum atomic E-state index is -0.176. The fourth-order valence-corrected chi connectivity index (χ4v) is 2.24. The minimum absolute atomic E-state index is 0.168. The maximum Gasteiger partial charge on any atom is 0.251 e. The zero-order valence-corrected chi connectivity index (χ0v) is 11.7. The highest BCUT2D eigenvalue weighted by Gasteiger charge is 2.32. The number of nitrogens with zero attached hydrogens (tertiary/aromatic N) is 2. The molecule has 1 amide bonds. The van der Waals surface area contributed by atoms with E-state index in [-0.39, 0.29) is 11.5 Å². The molecule has 1 heterocycles. The first-order valence-corrected chi connectivity index (χ1v) is 6.60. The Hall–Kier alpha value is -1.62. The average Bonchev–Trinajstić information content (AvgIpc) is 3.16. The molecule has 5 nitrogen and oxygen atoms in total. The van der Waals surface area contributed by atoms with Gasteiger partial charge in [0.2, 0.25) is 0 Å². The van der Waals surface area contributed by atoms with Crippen molar-refractivity contribution >= 4 is 5.91 Å². The van der Waals surface area contributed by atoms with Crippen LogP contribution in [-0.4, -0.2) is 42.1 Å². The number of rotatable bonds is 5. The van der Waals surface area contributed by atoms with Crippen molar-refractivity contribution in [3.05, 3.63) is 34.2 Å². The Bertz CT molecular complexity index is 516. The molecule has 0 saturated heterocycles. The first-order valence-electron chi connectivity index (χ1n) is 6.60. The van der Waals surface area contributed by atoms with Gasteiger partial charge in [0.05, 0.1) is 0 Å². The van der Waals surface area contributed by atoms with Crippen LogP contribution in [0.4, 0.5) is 0 Å². The van der Waals surface area contributed by atoms with Gasteiger partial charge in [-0.15, -0.1) is 0 Å². The van der Waals surface area contributed by atoms with Gasteiger partial charge in [-0.1, -0.05) is 0 Å². The number of aryl methyl sites for hydroxylation is 1. The van der Waals surface area contributed by atoms with Crippen LogP contribution in [0.15, 0.2) is 23.1 Å². The lowest BCUT2D eigenvalue weighted by atomic mass is 10.1. The second-order valence-electron chi connectivity index (χ2n) is 5.44. The summed E-state index contributed by atoms with van der Waals surface area (Å²) in [4.78, 5) is 25.6. The van der Waals surface area contributed by atoms with Gasteiger partial charge >= 0.3 is 0 Å². The molecule has 104 valence electrons. The van der Waals surface area contributed by atoms with Crippen LogP contribution in [0, 0.1) is 5.92 Å². The van der Waals surface area contributed by atoms with Crippen molar-refractivity contribution in [2.45, 2.75) is 18.9 Å². The third-order valence-electron chi connectivity index (χ3n) is 3.67. The standard InChI is InChI=1S/C14H21N3O2/c1-16(2)12(10-4-5-10)9-15-14(19)11-6-7-17(3)13(18)8-11/h6-8,10,12H,4-5,9H2,1-3H3,(H,15,19)/t12-/m0/s1. The molecule has 1 saturated carbocycles. The predicted molar refractivity (Wildman–Crippen MR) is 74.2 cm³/mol. The Morgan fingerprint density at radius 3 is 2.74 bits per heavy atom. The fraction of sp³-hybridized carbons (Fsp3) is 0.571. The topological polar surface area (TPSA) is 54.3 Å². The van der Waals surface area contributed by atoms with Crippen LogP contribution in [-0.2, 0) is 7.05 Å². The van der Waals surface area contributed by atoms with Crippen LogP contribution in [0.5, 0.6) is 0 Å². The van der Waals surface area contributed by atoms with Crippen molar-refractivity contribution in [1.29, 1.82) is 0 Å². The highest BCUT2D eigenvalue weighted by molar-refractivity contribution is 5.93. The van der Waals surface area contributed by atoms with E-state index >= 15 is 0 Å². The minimum Gasteiger partial charge on any atom is -0.350 e. The molecule has 1 N–H and O–H groups in total.